The molecule has 1 aliphatic heterocycles. The van der Waals surface area contributed by atoms with Gasteiger partial charge in [-0.25, -0.2) is 13.1 Å². The van der Waals surface area contributed by atoms with Crippen LogP contribution in [0.1, 0.15) is 11.1 Å². The van der Waals surface area contributed by atoms with Gasteiger partial charge in [-0.1, -0.05) is 30.3 Å². The van der Waals surface area contributed by atoms with Gasteiger partial charge in [0, 0.05) is 36.2 Å². The highest BCUT2D eigenvalue weighted by atomic mass is 32.2. The minimum atomic E-state index is -3.58. The zero-order valence-corrected chi connectivity index (χ0v) is 16.8. The van der Waals surface area contributed by atoms with Crippen LogP contribution in [0, 0.1) is 6.92 Å². The molecule has 0 saturated carbocycles. The number of sulfonamides is 1. The molecule has 1 aromatic heterocycles. The molecule has 4 rings (SSSR count). The van der Waals surface area contributed by atoms with Crippen molar-refractivity contribution in [3.8, 4) is 0 Å². The molecule has 0 unspecified atom stereocenters. The summed E-state index contributed by atoms with van der Waals surface area (Å²) in [5, 5.41) is 1.18. The van der Waals surface area contributed by atoms with Crippen molar-refractivity contribution < 1.29 is 13.2 Å². The first kappa shape index (κ1) is 19.0. The Bertz CT molecular complexity index is 1050. The fraction of sp³-hybridized carbons (Fsp3) is 0.333. The van der Waals surface area contributed by atoms with Gasteiger partial charge in [-0.05, 0) is 42.7 Å². The summed E-state index contributed by atoms with van der Waals surface area (Å²) in [6, 6.07) is 15.9. The number of hydrogen-bond donors (Lipinski definition) is 2. The third-order valence-corrected chi connectivity index (χ3v) is 6.74. The molecule has 0 spiro atoms. The van der Waals surface area contributed by atoms with E-state index in [0.29, 0.717) is 13.0 Å². The third kappa shape index (κ3) is 3.92. The maximum atomic E-state index is 12.7. The molecule has 1 aliphatic rings. The van der Waals surface area contributed by atoms with Crippen LogP contribution in [0.3, 0.4) is 0 Å². The normalized spacial score (nSPS) is 15.2. The van der Waals surface area contributed by atoms with Crippen molar-refractivity contribution in [1.29, 1.82) is 0 Å². The lowest BCUT2D eigenvalue weighted by Gasteiger charge is -2.28. The maximum absolute atomic E-state index is 12.7. The van der Waals surface area contributed by atoms with Crippen LogP contribution >= 0.6 is 0 Å². The number of para-hydroxylation sites is 1. The predicted octanol–water partition coefficient (Wildman–Crippen LogP) is 2.83. The highest BCUT2D eigenvalue weighted by Crippen LogP contribution is 2.24. The van der Waals surface area contributed by atoms with Crippen LogP contribution in [-0.2, 0) is 21.2 Å². The van der Waals surface area contributed by atoms with Gasteiger partial charge in [0.05, 0.1) is 13.2 Å². The Hall–Kier alpha value is -2.35. The molecular weight excluding hydrogens is 374 g/mol. The van der Waals surface area contributed by atoms with E-state index in [-0.39, 0.29) is 5.03 Å². The van der Waals surface area contributed by atoms with Gasteiger partial charge < -0.3 is 14.6 Å². The van der Waals surface area contributed by atoms with Crippen molar-refractivity contribution in [2.24, 2.45) is 0 Å². The molecule has 1 fully saturated rings. The van der Waals surface area contributed by atoms with Crippen LogP contribution in [0.15, 0.2) is 53.6 Å². The molecule has 3 aromatic rings. The third-order valence-electron chi connectivity index (χ3n) is 5.21. The molecule has 0 radical (unpaired) electrons. The molecule has 6 nitrogen and oxygen atoms in total. The molecule has 0 bridgehead atoms. The number of H-pyrrole nitrogens is 1. The molecule has 0 amide bonds. The number of nitrogens with one attached hydrogen (secondary N) is 2. The molecule has 2 N–H and O–H groups in total. The van der Waals surface area contributed by atoms with E-state index in [1.807, 2.05) is 31.2 Å². The van der Waals surface area contributed by atoms with E-state index >= 15 is 0 Å². The fourth-order valence-corrected chi connectivity index (χ4v) is 4.90. The number of aromatic nitrogens is 1. The number of aryl methyl sites for hydroxylation is 1. The lowest BCUT2D eigenvalue weighted by atomic mass is 10.1. The number of anilines is 1. The van der Waals surface area contributed by atoms with E-state index in [2.05, 4.69) is 38.9 Å². The molecule has 7 heteroatoms. The fourth-order valence-electron chi connectivity index (χ4n) is 3.62. The molecular formula is C21H25N3O3S. The minimum absolute atomic E-state index is 0.247. The first-order valence-electron chi connectivity index (χ1n) is 9.53. The number of hydrogen-bond acceptors (Lipinski definition) is 4. The van der Waals surface area contributed by atoms with Crippen molar-refractivity contribution in [1.82, 2.24) is 9.71 Å². The number of benzene rings is 2. The molecule has 0 atom stereocenters. The SMILES string of the molecule is Cc1c(S(=O)(=O)NCCc2ccc(N3CCOCC3)cc2)[nH]c2ccccc12. The van der Waals surface area contributed by atoms with Gasteiger partial charge in [0.25, 0.3) is 10.0 Å². The van der Waals surface area contributed by atoms with Crippen molar-refractivity contribution in [2.75, 3.05) is 37.7 Å². The molecule has 148 valence electrons. The van der Waals surface area contributed by atoms with E-state index in [9.17, 15) is 8.42 Å². The van der Waals surface area contributed by atoms with Crippen molar-refractivity contribution >= 4 is 26.6 Å². The smallest absolute Gasteiger partial charge is 0.256 e. The highest BCUT2D eigenvalue weighted by molar-refractivity contribution is 7.89. The first-order valence-corrected chi connectivity index (χ1v) is 11.0. The van der Waals surface area contributed by atoms with Gasteiger partial charge >= 0.3 is 0 Å². The van der Waals surface area contributed by atoms with Gasteiger partial charge in [0.2, 0.25) is 0 Å². The van der Waals surface area contributed by atoms with E-state index in [4.69, 9.17) is 4.74 Å². The summed E-state index contributed by atoms with van der Waals surface area (Å²) in [7, 11) is -3.58. The summed E-state index contributed by atoms with van der Waals surface area (Å²) in [6.07, 6.45) is 0.641. The average molecular weight is 400 g/mol. The summed E-state index contributed by atoms with van der Waals surface area (Å²) >= 11 is 0. The van der Waals surface area contributed by atoms with E-state index in [1.165, 1.54) is 5.69 Å². The maximum Gasteiger partial charge on any atom is 0.256 e. The summed E-state index contributed by atoms with van der Waals surface area (Å²) in [4.78, 5) is 5.33. The van der Waals surface area contributed by atoms with Crippen LogP contribution in [0.2, 0.25) is 0 Å². The van der Waals surface area contributed by atoms with E-state index in [1.54, 1.807) is 0 Å². The standard InChI is InChI=1S/C21H25N3O3S/c1-16-19-4-2-3-5-20(19)23-21(16)28(25,26)22-11-10-17-6-8-18(9-7-17)24-12-14-27-15-13-24/h2-9,22-23H,10-15H2,1H3. The summed E-state index contributed by atoms with van der Waals surface area (Å²) in [5.74, 6) is 0. The summed E-state index contributed by atoms with van der Waals surface area (Å²) in [6.45, 7) is 5.52. The van der Waals surface area contributed by atoms with Crippen LogP contribution in [0.4, 0.5) is 5.69 Å². The Balaban J connectivity index is 1.39. The number of rotatable bonds is 6. The van der Waals surface area contributed by atoms with Gasteiger partial charge in [-0.15, -0.1) is 0 Å². The lowest BCUT2D eigenvalue weighted by Crippen LogP contribution is -2.36. The molecule has 0 aliphatic carbocycles. The van der Waals surface area contributed by atoms with Gasteiger partial charge in [0.15, 0.2) is 5.03 Å². The Kier molecular flexibility index (Phi) is 5.39. The lowest BCUT2D eigenvalue weighted by molar-refractivity contribution is 0.122. The number of aromatic amines is 1. The molecule has 1 saturated heterocycles. The van der Waals surface area contributed by atoms with E-state index < -0.39 is 10.0 Å². The highest BCUT2D eigenvalue weighted by Gasteiger charge is 2.20. The van der Waals surface area contributed by atoms with Crippen LogP contribution in [-0.4, -0.2) is 46.2 Å². The number of morpholine rings is 1. The predicted molar refractivity (Wildman–Crippen MR) is 111 cm³/mol. The zero-order valence-electron chi connectivity index (χ0n) is 15.9. The van der Waals surface area contributed by atoms with Gasteiger partial charge in [-0.2, -0.15) is 0 Å². The van der Waals surface area contributed by atoms with Gasteiger partial charge in [-0.3, -0.25) is 0 Å². The number of ether oxygens (including phenoxy) is 1. The summed E-state index contributed by atoms with van der Waals surface area (Å²) in [5.41, 5.74) is 3.87. The second kappa shape index (κ2) is 7.95. The van der Waals surface area contributed by atoms with Gasteiger partial charge in [0.1, 0.15) is 0 Å². The molecule has 28 heavy (non-hydrogen) atoms. The number of nitrogens with zero attached hydrogens (tertiary/aromatic N) is 1. The Labute approximate surface area is 165 Å². The topological polar surface area (TPSA) is 74.4 Å². The Morgan fingerprint density at radius 3 is 2.50 bits per heavy atom. The second-order valence-electron chi connectivity index (χ2n) is 7.04. The minimum Gasteiger partial charge on any atom is -0.378 e. The molecule has 2 heterocycles. The average Bonchev–Trinajstić information content (AvgIpc) is 3.07. The monoisotopic (exact) mass is 399 g/mol. The van der Waals surface area contributed by atoms with Crippen molar-refractivity contribution in [2.45, 2.75) is 18.4 Å². The zero-order chi connectivity index (χ0) is 19.6. The van der Waals surface area contributed by atoms with Crippen LogP contribution in [0.25, 0.3) is 10.9 Å². The van der Waals surface area contributed by atoms with Crippen molar-refractivity contribution in [3.05, 3.63) is 59.7 Å². The quantitative estimate of drug-likeness (QED) is 0.668. The first-order chi connectivity index (χ1) is 13.5. The summed E-state index contributed by atoms with van der Waals surface area (Å²) < 4.78 is 33.5. The Morgan fingerprint density at radius 2 is 1.79 bits per heavy atom. The van der Waals surface area contributed by atoms with Crippen LogP contribution in [0.5, 0.6) is 0 Å². The molecule has 2 aromatic carbocycles. The van der Waals surface area contributed by atoms with E-state index in [0.717, 1.165) is 48.3 Å². The second-order valence-corrected chi connectivity index (χ2v) is 8.74. The van der Waals surface area contributed by atoms with Crippen molar-refractivity contribution in [3.63, 3.8) is 0 Å². The largest absolute Gasteiger partial charge is 0.378 e. The number of fused-ring (bicyclic) bond motifs is 1. The Morgan fingerprint density at radius 1 is 1.07 bits per heavy atom. The van der Waals surface area contributed by atoms with Crippen LogP contribution < -0.4 is 9.62 Å².